The Morgan fingerprint density at radius 2 is 2.28 bits per heavy atom. The molecule has 2 rings (SSSR count). The number of ether oxygens (including phenoxy) is 1. The van der Waals surface area contributed by atoms with Crippen molar-refractivity contribution in [1.29, 1.82) is 0 Å². The van der Waals surface area contributed by atoms with Gasteiger partial charge in [0.05, 0.1) is 18.5 Å². The van der Waals surface area contributed by atoms with E-state index in [1.165, 1.54) is 6.20 Å². The third-order valence-corrected chi connectivity index (χ3v) is 2.44. The Hall–Kier alpha value is -2.37. The minimum Gasteiger partial charge on any atom is -0.462 e. The molecule has 0 saturated carbocycles. The number of aromatic nitrogens is 3. The van der Waals surface area contributed by atoms with Gasteiger partial charge in [0, 0.05) is 12.4 Å². The van der Waals surface area contributed by atoms with Crippen LogP contribution in [0.4, 0.5) is 5.69 Å². The molecular weight excluding hydrogens is 232 g/mol. The van der Waals surface area contributed by atoms with E-state index in [0.29, 0.717) is 23.7 Å². The summed E-state index contributed by atoms with van der Waals surface area (Å²) in [5, 5.41) is 0. The standard InChI is InChI=1S/C12H14N4O2/c1-3-18-12(17)10-6-9(13)7-15-11(10)16-5-4-14-8(16)2/h4-7H,3,13H2,1-2H3. The van der Waals surface area contributed by atoms with Gasteiger partial charge < -0.3 is 10.5 Å². The molecule has 6 heteroatoms. The van der Waals surface area contributed by atoms with Crippen LogP contribution >= 0.6 is 0 Å². The number of carbonyl (C=O) groups excluding carboxylic acids is 1. The first-order chi connectivity index (χ1) is 8.63. The van der Waals surface area contributed by atoms with Crippen molar-refractivity contribution in [2.24, 2.45) is 0 Å². The van der Waals surface area contributed by atoms with E-state index < -0.39 is 5.97 Å². The van der Waals surface area contributed by atoms with Crippen molar-refractivity contribution >= 4 is 11.7 Å². The van der Waals surface area contributed by atoms with E-state index in [9.17, 15) is 4.79 Å². The lowest BCUT2D eigenvalue weighted by Gasteiger charge is -2.10. The summed E-state index contributed by atoms with van der Waals surface area (Å²) < 4.78 is 6.71. The van der Waals surface area contributed by atoms with Crippen LogP contribution in [0.15, 0.2) is 24.7 Å². The number of pyridine rings is 1. The van der Waals surface area contributed by atoms with Gasteiger partial charge in [-0.15, -0.1) is 0 Å². The first kappa shape index (κ1) is 12.1. The summed E-state index contributed by atoms with van der Waals surface area (Å²) in [6.07, 6.45) is 4.87. The van der Waals surface area contributed by atoms with Crippen LogP contribution in [-0.4, -0.2) is 27.1 Å². The van der Waals surface area contributed by atoms with Crippen molar-refractivity contribution in [3.63, 3.8) is 0 Å². The molecule has 0 amide bonds. The van der Waals surface area contributed by atoms with Gasteiger partial charge in [-0.1, -0.05) is 0 Å². The second-order valence-electron chi connectivity index (χ2n) is 3.70. The third kappa shape index (κ3) is 2.17. The number of aryl methyl sites for hydroxylation is 1. The molecule has 0 aliphatic carbocycles. The Kier molecular flexibility index (Phi) is 3.27. The molecule has 0 spiro atoms. The number of hydrogen-bond donors (Lipinski definition) is 1. The van der Waals surface area contributed by atoms with E-state index in [2.05, 4.69) is 9.97 Å². The van der Waals surface area contributed by atoms with E-state index >= 15 is 0 Å². The fraction of sp³-hybridized carbons (Fsp3) is 0.250. The van der Waals surface area contributed by atoms with Crippen molar-refractivity contribution in [3.8, 4) is 5.82 Å². The lowest BCUT2D eigenvalue weighted by molar-refractivity contribution is 0.0526. The SMILES string of the molecule is CCOC(=O)c1cc(N)cnc1-n1ccnc1C. The summed E-state index contributed by atoms with van der Waals surface area (Å²) in [5.41, 5.74) is 6.41. The van der Waals surface area contributed by atoms with Crippen molar-refractivity contribution < 1.29 is 9.53 Å². The lowest BCUT2D eigenvalue weighted by atomic mass is 10.2. The number of rotatable bonds is 3. The second kappa shape index (κ2) is 4.87. The maximum absolute atomic E-state index is 11.9. The molecule has 0 radical (unpaired) electrons. The molecule has 0 aliphatic rings. The molecular formula is C12H14N4O2. The molecule has 0 atom stereocenters. The summed E-state index contributed by atoms with van der Waals surface area (Å²) in [5.74, 6) is 0.760. The largest absolute Gasteiger partial charge is 0.462 e. The van der Waals surface area contributed by atoms with Gasteiger partial charge in [-0.25, -0.2) is 14.8 Å². The smallest absolute Gasteiger partial charge is 0.342 e. The van der Waals surface area contributed by atoms with Gasteiger partial charge in [0.1, 0.15) is 11.4 Å². The topological polar surface area (TPSA) is 83.0 Å². The fourth-order valence-corrected chi connectivity index (χ4v) is 1.63. The zero-order chi connectivity index (χ0) is 13.1. The third-order valence-electron chi connectivity index (χ3n) is 2.44. The zero-order valence-corrected chi connectivity index (χ0v) is 10.3. The van der Waals surface area contributed by atoms with E-state index in [-0.39, 0.29) is 0 Å². The average molecular weight is 246 g/mol. The highest BCUT2D eigenvalue weighted by atomic mass is 16.5. The molecule has 2 aromatic heterocycles. The number of nitrogen functional groups attached to an aromatic ring is 1. The van der Waals surface area contributed by atoms with E-state index in [1.807, 2.05) is 6.92 Å². The zero-order valence-electron chi connectivity index (χ0n) is 10.3. The van der Waals surface area contributed by atoms with Crippen molar-refractivity contribution in [2.45, 2.75) is 13.8 Å². The average Bonchev–Trinajstić information content (AvgIpc) is 2.76. The Morgan fingerprint density at radius 3 is 2.89 bits per heavy atom. The molecule has 18 heavy (non-hydrogen) atoms. The normalized spacial score (nSPS) is 10.3. The Morgan fingerprint density at radius 1 is 1.50 bits per heavy atom. The number of imidazole rings is 1. The summed E-state index contributed by atoms with van der Waals surface area (Å²) >= 11 is 0. The van der Waals surface area contributed by atoms with Crippen LogP contribution in [0, 0.1) is 6.92 Å². The number of hydrogen-bond acceptors (Lipinski definition) is 5. The van der Waals surface area contributed by atoms with Crippen molar-refractivity contribution in [1.82, 2.24) is 14.5 Å². The minimum atomic E-state index is -0.444. The Labute approximate surface area is 104 Å². The molecule has 2 N–H and O–H groups in total. The molecule has 2 heterocycles. The number of nitrogens with two attached hydrogens (primary N) is 1. The van der Waals surface area contributed by atoms with Crippen LogP contribution in [0.1, 0.15) is 23.1 Å². The lowest BCUT2D eigenvalue weighted by Crippen LogP contribution is -2.12. The number of nitrogens with zero attached hydrogens (tertiary/aromatic N) is 3. The second-order valence-corrected chi connectivity index (χ2v) is 3.70. The van der Waals surface area contributed by atoms with Crippen LogP contribution in [0.3, 0.4) is 0 Å². The molecule has 0 aromatic carbocycles. The van der Waals surface area contributed by atoms with Crippen LogP contribution in [0.25, 0.3) is 5.82 Å². The highest BCUT2D eigenvalue weighted by Gasteiger charge is 2.16. The first-order valence-corrected chi connectivity index (χ1v) is 5.56. The van der Waals surface area contributed by atoms with Gasteiger partial charge in [-0.05, 0) is 19.9 Å². The molecule has 0 aliphatic heterocycles. The molecule has 0 bridgehead atoms. The monoisotopic (exact) mass is 246 g/mol. The molecule has 2 aromatic rings. The fourth-order valence-electron chi connectivity index (χ4n) is 1.63. The van der Waals surface area contributed by atoms with Gasteiger partial charge in [0.25, 0.3) is 0 Å². The number of carbonyl (C=O) groups is 1. The van der Waals surface area contributed by atoms with Crippen LogP contribution in [0.5, 0.6) is 0 Å². The van der Waals surface area contributed by atoms with Gasteiger partial charge in [-0.2, -0.15) is 0 Å². The van der Waals surface area contributed by atoms with Gasteiger partial charge in [0.15, 0.2) is 5.82 Å². The first-order valence-electron chi connectivity index (χ1n) is 5.56. The summed E-state index contributed by atoms with van der Waals surface area (Å²) in [7, 11) is 0. The van der Waals surface area contributed by atoms with Gasteiger partial charge in [0.2, 0.25) is 0 Å². The van der Waals surface area contributed by atoms with Crippen LogP contribution in [-0.2, 0) is 4.74 Å². The maximum atomic E-state index is 11.9. The van der Waals surface area contributed by atoms with Gasteiger partial charge >= 0.3 is 5.97 Å². The minimum absolute atomic E-state index is 0.302. The molecule has 0 saturated heterocycles. The quantitative estimate of drug-likeness (QED) is 0.826. The summed E-state index contributed by atoms with van der Waals surface area (Å²) in [6, 6.07) is 1.56. The Bertz CT molecular complexity index is 577. The van der Waals surface area contributed by atoms with Crippen molar-refractivity contribution in [3.05, 3.63) is 36.0 Å². The predicted molar refractivity (Wildman–Crippen MR) is 66.5 cm³/mol. The summed E-state index contributed by atoms with van der Waals surface area (Å²) in [6.45, 7) is 3.88. The molecule has 6 nitrogen and oxygen atoms in total. The Balaban J connectivity index is 2.54. The molecule has 0 fully saturated rings. The van der Waals surface area contributed by atoms with E-state index in [1.54, 1.807) is 30.0 Å². The maximum Gasteiger partial charge on any atom is 0.342 e. The molecule has 94 valence electrons. The predicted octanol–water partition coefficient (Wildman–Crippen LogP) is 1.33. The molecule has 0 unspecified atom stereocenters. The number of anilines is 1. The summed E-state index contributed by atoms with van der Waals surface area (Å²) in [4.78, 5) is 20.2. The van der Waals surface area contributed by atoms with Crippen LogP contribution in [0.2, 0.25) is 0 Å². The highest BCUT2D eigenvalue weighted by molar-refractivity contribution is 5.93. The van der Waals surface area contributed by atoms with Gasteiger partial charge in [-0.3, -0.25) is 4.57 Å². The van der Waals surface area contributed by atoms with E-state index in [0.717, 1.165) is 5.82 Å². The van der Waals surface area contributed by atoms with E-state index in [4.69, 9.17) is 10.5 Å². The highest BCUT2D eigenvalue weighted by Crippen LogP contribution is 2.17. The van der Waals surface area contributed by atoms with Crippen LogP contribution < -0.4 is 5.73 Å². The van der Waals surface area contributed by atoms with Crippen molar-refractivity contribution in [2.75, 3.05) is 12.3 Å². The number of esters is 1.